The molecule has 0 bridgehead atoms. The summed E-state index contributed by atoms with van der Waals surface area (Å²) in [5.41, 5.74) is 15.5. The van der Waals surface area contributed by atoms with Gasteiger partial charge in [-0.15, -0.1) is 0 Å². The molecule has 0 spiro atoms. The van der Waals surface area contributed by atoms with Crippen LogP contribution < -0.4 is 4.90 Å². The summed E-state index contributed by atoms with van der Waals surface area (Å²) in [6, 6.07) is 54.7. The van der Waals surface area contributed by atoms with Crippen LogP contribution in [0.1, 0.15) is 91.0 Å². The number of nitrogens with zero attached hydrogens (tertiary/aromatic N) is 2. The lowest BCUT2D eigenvalue weighted by molar-refractivity contribution is 0.333. The highest BCUT2D eigenvalue weighted by atomic mass is 15.1. The fraction of sp³-hybridized carbons (Fsp3) is 0.259. The Kier molecular flexibility index (Phi) is 9.65. The summed E-state index contributed by atoms with van der Waals surface area (Å²) >= 11 is 0. The summed E-state index contributed by atoms with van der Waals surface area (Å²) in [6.07, 6.45) is 2.21. The number of aromatic nitrogens is 1. The molecule has 282 valence electrons. The predicted molar refractivity (Wildman–Crippen MR) is 244 cm³/mol. The Hall–Kier alpha value is -5.60. The average molecular weight is 733 g/mol. The number of fused-ring (bicyclic) bond motifs is 6. The first-order valence-corrected chi connectivity index (χ1v) is 20.8. The third-order valence-corrected chi connectivity index (χ3v) is 13.0. The van der Waals surface area contributed by atoms with Gasteiger partial charge < -0.3 is 9.47 Å². The number of hydrogen-bond donors (Lipinski definition) is 0. The van der Waals surface area contributed by atoms with Gasteiger partial charge >= 0.3 is 0 Å². The molecule has 0 saturated heterocycles. The zero-order chi connectivity index (χ0) is 39.4. The van der Waals surface area contributed by atoms with Crippen LogP contribution in [0.15, 0.2) is 146 Å². The van der Waals surface area contributed by atoms with E-state index in [4.69, 9.17) is 0 Å². The minimum absolute atomic E-state index is 0.0934. The van der Waals surface area contributed by atoms with Crippen molar-refractivity contribution in [3.8, 4) is 16.8 Å². The second kappa shape index (κ2) is 14.5. The van der Waals surface area contributed by atoms with Gasteiger partial charge in [-0.05, 0) is 110 Å². The van der Waals surface area contributed by atoms with E-state index in [1.165, 1.54) is 78.1 Å². The molecular weight excluding hydrogens is 677 g/mol. The monoisotopic (exact) mass is 732 g/mol. The number of rotatable bonds is 8. The highest BCUT2D eigenvalue weighted by molar-refractivity contribution is 6.13. The maximum atomic E-state index is 2.50. The maximum absolute atomic E-state index is 2.50. The first-order chi connectivity index (χ1) is 27.1. The summed E-state index contributed by atoms with van der Waals surface area (Å²) in [5.74, 6) is 0.591. The van der Waals surface area contributed by atoms with Crippen LogP contribution in [-0.4, -0.2) is 4.57 Å². The van der Waals surface area contributed by atoms with Crippen molar-refractivity contribution >= 4 is 49.6 Å². The van der Waals surface area contributed by atoms with Gasteiger partial charge in [0.15, 0.2) is 0 Å². The SMILES string of the molecule is CC.CCc1ccc(-c2ccc(N(c3ccc4ccccc4c3)c3ccc4c(c3)c3cccc5c3n4-c3ccccc3C5(C)C)cc2)cc1C(C)(C)C(C)CC. The van der Waals surface area contributed by atoms with Gasteiger partial charge in [-0.25, -0.2) is 0 Å². The Labute approximate surface area is 334 Å². The Morgan fingerprint density at radius 3 is 2.00 bits per heavy atom. The molecule has 1 atom stereocenters. The number of hydrogen-bond acceptors (Lipinski definition) is 1. The van der Waals surface area contributed by atoms with Crippen molar-refractivity contribution in [2.45, 2.75) is 86.0 Å². The average Bonchev–Trinajstić information content (AvgIpc) is 3.57. The van der Waals surface area contributed by atoms with Crippen LogP contribution in [0.3, 0.4) is 0 Å². The Bertz CT molecular complexity index is 2710. The quantitative estimate of drug-likeness (QED) is 0.151. The molecule has 1 aromatic heterocycles. The van der Waals surface area contributed by atoms with Gasteiger partial charge in [-0.3, -0.25) is 0 Å². The van der Waals surface area contributed by atoms with Crippen molar-refractivity contribution < 1.29 is 0 Å². The van der Waals surface area contributed by atoms with E-state index in [1.54, 1.807) is 0 Å². The van der Waals surface area contributed by atoms with Crippen LogP contribution in [0.2, 0.25) is 0 Å². The minimum Gasteiger partial charge on any atom is -0.310 e. The molecule has 0 fully saturated rings. The minimum atomic E-state index is -0.0934. The summed E-state index contributed by atoms with van der Waals surface area (Å²) in [6.45, 7) is 20.6. The molecule has 0 radical (unpaired) electrons. The second-order valence-electron chi connectivity index (χ2n) is 16.6. The third kappa shape index (κ3) is 5.93. The third-order valence-electron chi connectivity index (χ3n) is 13.0. The molecule has 1 aliphatic rings. The zero-order valence-electron chi connectivity index (χ0n) is 34.7. The first-order valence-electron chi connectivity index (χ1n) is 20.8. The molecule has 1 aliphatic heterocycles. The van der Waals surface area contributed by atoms with Crippen molar-refractivity contribution in [3.05, 3.63) is 168 Å². The molecular formula is C54H56N2. The molecule has 56 heavy (non-hydrogen) atoms. The normalized spacial score (nSPS) is 13.7. The summed E-state index contributed by atoms with van der Waals surface area (Å²) in [4.78, 5) is 2.43. The Balaban J connectivity index is 0.00000217. The van der Waals surface area contributed by atoms with E-state index in [2.05, 4.69) is 204 Å². The Morgan fingerprint density at radius 2 is 1.25 bits per heavy atom. The van der Waals surface area contributed by atoms with Gasteiger partial charge in [0.1, 0.15) is 0 Å². The first kappa shape index (κ1) is 37.3. The summed E-state index contributed by atoms with van der Waals surface area (Å²) < 4.78 is 2.50. The largest absolute Gasteiger partial charge is 0.310 e. The van der Waals surface area contributed by atoms with E-state index in [1.807, 2.05) is 13.8 Å². The number of para-hydroxylation sites is 2. The molecule has 2 heterocycles. The van der Waals surface area contributed by atoms with Gasteiger partial charge in [0.25, 0.3) is 0 Å². The van der Waals surface area contributed by atoms with Crippen LogP contribution in [-0.2, 0) is 17.3 Å². The van der Waals surface area contributed by atoms with Crippen molar-refractivity contribution in [2.24, 2.45) is 5.92 Å². The zero-order valence-corrected chi connectivity index (χ0v) is 34.7. The lowest BCUT2D eigenvalue weighted by atomic mass is 9.70. The molecule has 0 amide bonds. The van der Waals surface area contributed by atoms with Crippen molar-refractivity contribution in [1.82, 2.24) is 4.57 Å². The molecule has 0 N–H and O–H groups in total. The van der Waals surface area contributed by atoms with Gasteiger partial charge in [0, 0.05) is 33.2 Å². The molecule has 2 nitrogen and oxygen atoms in total. The van der Waals surface area contributed by atoms with Crippen LogP contribution >= 0.6 is 0 Å². The fourth-order valence-corrected chi connectivity index (χ4v) is 9.30. The molecule has 9 rings (SSSR count). The van der Waals surface area contributed by atoms with Crippen LogP contribution in [0.5, 0.6) is 0 Å². The molecule has 8 aromatic rings. The lowest BCUT2D eigenvalue weighted by Gasteiger charge is -2.34. The van der Waals surface area contributed by atoms with Crippen molar-refractivity contribution in [3.63, 3.8) is 0 Å². The van der Waals surface area contributed by atoms with E-state index in [0.717, 1.165) is 23.5 Å². The number of benzene rings is 7. The smallest absolute Gasteiger partial charge is 0.0582 e. The molecule has 0 saturated carbocycles. The van der Waals surface area contributed by atoms with Crippen molar-refractivity contribution in [1.29, 1.82) is 0 Å². The Morgan fingerprint density at radius 1 is 0.607 bits per heavy atom. The number of aryl methyl sites for hydroxylation is 1. The maximum Gasteiger partial charge on any atom is 0.0582 e. The number of anilines is 3. The van der Waals surface area contributed by atoms with Crippen LogP contribution in [0.25, 0.3) is 49.4 Å². The molecule has 1 unspecified atom stereocenters. The molecule has 2 heteroatoms. The van der Waals surface area contributed by atoms with E-state index < -0.39 is 0 Å². The van der Waals surface area contributed by atoms with E-state index in [0.29, 0.717) is 5.92 Å². The van der Waals surface area contributed by atoms with Gasteiger partial charge in [0.05, 0.1) is 16.7 Å². The van der Waals surface area contributed by atoms with E-state index in [-0.39, 0.29) is 10.8 Å². The van der Waals surface area contributed by atoms with Gasteiger partial charge in [-0.1, -0.05) is 166 Å². The predicted octanol–water partition coefficient (Wildman–Crippen LogP) is 15.6. The lowest BCUT2D eigenvalue weighted by Crippen LogP contribution is -2.27. The summed E-state index contributed by atoms with van der Waals surface area (Å²) in [7, 11) is 0. The van der Waals surface area contributed by atoms with E-state index >= 15 is 0 Å². The summed E-state index contributed by atoms with van der Waals surface area (Å²) in [5, 5.41) is 5.05. The highest BCUT2D eigenvalue weighted by Crippen LogP contribution is 2.49. The highest BCUT2D eigenvalue weighted by Gasteiger charge is 2.35. The van der Waals surface area contributed by atoms with Crippen LogP contribution in [0, 0.1) is 5.92 Å². The molecule has 7 aromatic carbocycles. The van der Waals surface area contributed by atoms with E-state index in [9.17, 15) is 0 Å². The van der Waals surface area contributed by atoms with Gasteiger partial charge in [0.2, 0.25) is 0 Å². The fourth-order valence-electron chi connectivity index (χ4n) is 9.30. The molecule has 0 aliphatic carbocycles. The van der Waals surface area contributed by atoms with Crippen LogP contribution in [0.4, 0.5) is 17.1 Å². The van der Waals surface area contributed by atoms with Gasteiger partial charge in [-0.2, -0.15) is 0 Å². The topological polar surface area (TPSA) is 8.17 Å². The standard InChI is InChI=1S/C52H50N2.C2H6/c1-8-34(3)51(4,5)47-32-39(22-21-35(47)9-2)37-23-26-40(27-24-37)53(41-28-25-36-15-10-11-16-38(36)31-41)42-29-30-48-44(33-42)43-17-14-19-46-50(43)54(48)49-20-13-12-18-45(49)52(46,6)7;1-2/h10-34H,8-9H2,1-7H3;1-2H3. The second-order valence-corrected chi connectivity index (χ2v) is 16.6. The van der Waals surface area contributed by atoms with Crippen molar-refractivity contribution in [2.75, 3.05) is 4.90 Å².